The van der Waals surface area contributed by atoms with Gasteiger partial charge in [-0.15, -0.1) is 0 Å². The van der Waals surface area contributed by atoms with Crippen LogP contribution < -0.4 is 4.90 Å². The third-order valence-electron chi connectivity index (χ3n) is 5.42. The van der Waals surface area contributed by atoms with Gasteiger partial charge in [0, 0.05) is 44.5 Å². The topological polar surface area (TPSA) is 116 Å². The Bertz CT molecular complexity index is 1150. The highest BCUT2D eigenvalue weighted by atomic mass is 19.2. The lowest BCUT2D eigenvalue weighted by atomic mass is 10.1. The lowest BCUT2D eigenvalue weighted by Crippen LogP contribution is -2.50. The van der Waals surface area contributed by atoms with Gasteiger partial charge < -0.3 is 24.5 Å². The van der Waals surface area contributed by atoms with E-state index < -0.39 is 48.3 Å². The molecule has 1 aliphatic heterocycles. The normalized spacial score (nSPS) is 13.9. The number of piperazine rings is 1. The van der Waals surface area contributed by atoms with Crippen molar-refractivity contribution in [2.45, 2.75) is 39.8 Å². The molecule has 1 saturated heterocycles. The van der Waals surface area contributed by atoms with Crippen LogP contribution >= 0.6 is 0 Å². The summed E-state index contributed by atoms with van der Waals surface area (Å²) in [5.41, 5.74) is -0.396. The van der Waals surface area contributed by atoms with E-state index >= 15 is 0 Å². The van der Waals surface area contributed by atoms with Gasteiger partial charge in [-0.1, -0.05) is 12.1 Å². The smallest absolute Gasteiger partial charge is 0.410 e. The van der Waals surface area contributed by atoms with Crippen LogP contribution in [0.25, 0.3) is 0 Å². The van der Waals surface area contributed by atoms with Crippen molar-refractivity contribution in [2.75, 3.05) is 37.6 Å². The molecule has 0 aliphatic carbocycles. The Morgan fingerprint density at radius 2 is 1.81 bits per heavy atom. The molecule has 0 unspecified atom stereocenters. The predicted octanol–water partition coefficient (Wildman–Crippen LogP) is 2.85. The predicted molar refractivity (Wildman–Crippen MR) is 126 cm³/mol. The Labute approximate surface area is 207 Å². The van der Waals surface area contributed by atoms with Crippen molar-refractivity contribution < 1.29 is 33.0 Å². The molecule has 0 saturated carbocycles. The van der Waals surface area contributed by atoms with E-state index in [1.807, 2.05) is 4.90 Å². The number of anilines is 1. The first-order valence-electron chi connectivity index (χ1n) is 11.4. The van der Waals surface area contributed by atoms with Crippen molar-refractivity contribution in [3.05, 3.63) is 52.9 Å². The Balaban J connectivity index is 1.72. The standard InChI is InChI=1S/C24H29F2N5O5/c1-15-17(21(34)31(14-19(32)33)13-16-6-5-7-18(25)20(16)26)12-27-22(28-15)29-8-10-30(11-9-29)23(35)36-24(2,3)4/h5-7,12H,8-11,13-14H2,1-4H3,(H,32,33). The number of aliphatic carboxylic acids is 1. The second kappa shape index (κ2) is 10.8. The summed E-state index contributed by atoms with van der Waals surface area (Å²) in [6, 6.07) is 3.50. The van der Waals surface area contributed by atoms with Crippen LogP contribution in [0.5, 0.6) is 0 Å². The zero-order valence-corrected chi connectivity index (χ0v) is 20.6. The van der Waals surface area contributed by atoms with Gasteiger partial charge in [-0.05, 0) is 33.8 Å². The first kappa shape index (κ1) is 26.8. The van der Waals surface area contributed by atoms with Gasteiger partial charge in [0.2, 0.25) is 5.95 Å². The highest BCUT2D eigenvalue weighted by molar-refractivity contribution is 5.96. The molecule has 194 valence electrons. The first-order valence-corrected chi connectivity index (χ1v) is 11.4. The van der Waals surface area contributed by atoms with E-state index in [2.05, 4.69) is 9.97 Å². The molecule has 1 N–H and O–H groups in total. The fourth-order valence-electron chi connectivity index (χ4n) is 3.64. The van der Waals surface area contributed by atoms with Crippen molar-refractivity contribution in [1.82, 2.24) is 19.8 Å². The summed E-state index contributed by atoms with van der Waals surface area (Å²) in [6.07, 6.45) is 0.894. The molecule has 1 aromatic carbocycles. The zero-order valence-electron chi connectivity index (χ0n) is 20.6. The van der Waals surface area contributed by atoms with Gasteiger partial charge in [0.25, 0.3) is 5.91 Å². The maximum absolute atomic E-state index is 14.1. The number of carboxylic acid groups (broad SMARTS) is 1. The lowest BCUT2D eigenvalue weighted by Gasteiger charge is -2.35. The van der Waals surface area contributed by atoms with Crippen LogP contribution in [0, 0.1) is 18.6 Å². The minimum atomic E-state index is -1.31. The summed E-state index contributed by atoms with van der Waals surface area (Å²) in [4.78, 5) is 49.7. The fourth-order valence-corrected chi connectivity index (χ4v) is 3.64. The lowest BCUT2D eigenvalue weighted by molar-refractivity contribution is -0.137. The van der Waals surface area contributed by atoms with Gasteiger partial charge in [-0.25, -0.2) is 23.5 Å². The number of aryl methyl sites for hydroxylation is 1. The fraction of sp³-hybridized carbons (Fsp3) is 0.458. The third-order valence-corrected chi connectivity index (χ3v) is 5.42. The van der Waals surface area contributed by atoms with Crippen molar-refractivity contribution in [2.24, 2.45) is 0 Å². The number of aromatic nitrogens is 2. The number of hydrogen-bond donors (Lipinski definition) is 1. The molecule has 1 fully saturated rings. The maximum Gasteiger partial charge on any atom is 0.410 e. The highest BCUT2D eigenvalue weighted by Crippen LogP contribution is 2.19. The number of amides is 2. The van der Waals surface area contributed by atoms with Crippen LogP contribution in [0.3, 0.4) is 0 Å². The summed E-state index contributed by atoms with van der Waals surface area (Å²) in [5.74, 6) is -3.91. The highest BCUT2D eigenvalue weighted by Gasteiger charge is 2.28. The minimum absolute atomic E-state index is 0.0456. The summed E-state index contributed by atoms with van der Waals surface area (Å²) in [7, 11) is 0. The number of halogens is 2. The molecule has 12 heteroatoms. The van der Waals surface area contributed by atoms with Gasteiger partial charge in [-0.3, -0.25) is 9.59 Å². The van der Waals surface area contributed by atoms with Crippen molar-refractivity contribution in [1.29, 1.82) is 0 Å². The molecule has 0 radical (unpaired) electrons. The van der Waals surface area contributed by atoms with Crippen LogP contribution in [0.1, 0.15) is 42.4 Å². The Kier molecular flexibility index (Phi) is 8.06. The van der Waals surface area contributed by atoms with Gasteiger partial charge in [0.05, 0.1) is 11.3 Å². The average molecular weight is 506 g/mol. The van der Waals surface area contributed by atoms with Gasteiger partial charge in [0.1, 0.15) is 12.1 Å². The SMILES string of the molecule is Cc1nc(N2CCN(C(=O)OC(C)(C)C)CC2)ncc1C(=O)N(CC(=O)O)Cc1cccc(F)c1F. The minimum Gasteiger partial charge on any atom is -0.480 e. The van der Waals surface area contributed by atoms with Crippen molar-refractivity contribution in [3.8, 4) is 0 Å². The Morgan fingerprint density at radius 3 is 2.39 bits per heavy atom. The molecular formula is C24H29F2N5O5. The Hall–Kier alpha value is -3.83. The molecule has 36 heavy (non-hydrogen) atoms. The number of carboxylic acids is 1. The van der Waals surface area contributed by atoms with Gasteiger partial charge >= 0.3 is 12.1 Å². The summed E-state index contributed by atoms with van der Waals surface area (Å²) < 4.78 is 33.1. The number of benzene rings is 1. The number of nitrogens with zero attached hydrogens (tertiary/aromatic N) is 5. The second-order valence-corrected chi connectivity index (χ2v) is 9.39. The molecule has 2 aromatic rings. The summed E-state index contributed by atoms with van der Waals surface area (Å²) >= 11 is 0. The Morgan fingerprint density at radius 1 is 1.14 bits per heavy atom. The van der Waals surface area contributed by atoms with Crippen LogP contribution in [0.2, 0.25) is 0 Å². The molecule has 0 atom stereocenters. The van der Waals surface area contributed by atoms with Crippen molar-refractivity contribution >= 4 is 23.9 Å². The zero-order chi connectivity index (χ0) is 26.6. The van der Waals surface area contributed by atoms with E-state index in [9.17, 15) is 28.3 Å². The molecule has 1 aliphatic rings. The summed E-state index contributed by atoms with van der Waals surface area (Å²) in [6.45, 7) is 7.54. The molecule has 0 spiro atoms. The monoisotopic (exact) mass is 505 g/mol. The quantitative estimate of drug-likeness (QED) is 0.637. The molecule has 1 aromatic heterocycles. The van der Waals surface area contributed by atoms with Crippen LogP contribution in [-0.4, -0.2) is 81.2 Å². The number of ether oxygens (including phenoxy) is 1. The van der Waals surface area contributed by atoms with E-state index in [0.29, 0.717) is 37.8 Å². The molecule has 2 amide bonds. The van der Waals surface area contributed by atoms with E-state index in [4.69, 9.17) is 4.74 Å². The molecular weight excluding hydrogens is 476 g/mol. The number of carbonyl (C=O) groups excluding carboxylic acids is 2. The van der Waals surface area contributed by atoms with Crippen molar-refractivity contribution in [3.63, 3.8) is 0 Å². The largest absolute Gasteiger partial charge is 0.480 e. The molecule has 2 heterocycles. The van der Waals surface area contributed by atoms with Gasteiger partial charge in [-0.2, -0.15) is 0 Å². The van der Waals surface area contributed by atoms with Crippen LogP contribution in [0.15, 0.2) is 24.4 Å². The molecule has 10 nitrogen and oxygen atoms in total. The number of hydrogen-bond acceptors (Lipinski definition) is 7. The third kappa shape index (κ3) is 6.64. The van der Waals surface area contributed by atoms with E-state index in [-0.39, 0.29) is 11.1 Å². The van der Waals surface area contributed by atoms with Crippen LogP contribution in [-0.2, 0) is 16.1 Å². The van der Waals surface area contributed by atoms with E-state index in [0.717, 1.165) is 11.0 Å². The molecule has 3 rings (SSSR count). The van der Waals surface area contributed by atoms with Crippen LogP contribution in [0.4, 0.5) is 19.5 Å². The van der Waals surface area contributed by atoms with Gasteiger partial charge in [0.15, 0.2) is 11.6 Å². The molecule has 0 bridgehead atoms. The van der Waals surface area contributed by atoms with E-state index in [1.54, 1.807) is 32.6 Å². The summed E-state index contributed by atoms with van der Waals surface area (Å²) in [5, 5.41) is 9.25. The second-order valence-electron chi connectivity index (χ2n) is 9.39. The average Bonchev–Trinajstić information content (AvgIpc) is 2.79. The number of rotatable bonds is 6. The number of carbonyl (C=O) groups is 3. The van der Waals surface area contributed by atoms with E-state index in [1.165, 1.54) is 18.3 Å². The maximum atomic E-state index is 14.1. The first-order chi connectivity index (χ1) is 16.9.